The third-order valence-electron chi connectivity index (χ3n) is 5.71. The number of nitrogens with zero attached hydrogens (tertiary/aromatic N) is 6. The van der Waals surface area contributed by atoms with Crippen molar-refractivity contribution in [1.29, 1.82) is 0 Å². The molecule has 0 amide bonds. The molecule has 0 fully saturated rings. The van der Waals surface area contributed by atoms with Gasteiger partial charge in [-0.3, -0.25) is 15.7 Å². The van der Waals surface area contributed by atoms with Crippen LogP contribution in [-0.4, -0.2) is 52.1 Å². The van der Waals surface area contributed by atoms with Crippen LogP contribution in [-0.2, 0) is 5.54 Å². The van der Waals surface area contributed by atoms with Gasteiger partial charge in [0.05, 0.1) is 29.1 Å². The first kappa shape index (κ1) is 21.2. The molecule has 8 heteroatoms. The van der Waals surface area contributed by atoms with Crippen LogP contribution in [0.25, 0.3) is 22.4 Å². The number of fused-ring (bicyclic) bond motifs is 1. The maximum absolute atomic E-state index is 5.82. The zero-order valence-electron chi connectivity index (χ0n) is 19.3. The second-order valence-corrected chi connectivity index (χ2v) is 9.12. The van der Waals surface area contributed by atoms with E-state index < -0.39 is 6.29 Å². The highest BCUT2D eigenvalue weighted by Gasteiger charge is 2.27. The molecule has 2 aliphatic rings. The van der Waals surface area contributed by atoms with Gasteiger partial charge in [-0.05, 0) is 63.6 Å². The highest BCUT2D eigenvalue weighted by Crippen LogP contribution is 2.38. The van der Waals surface area contributed by atoms with E-state index in [-0.39, 0.29) is 11.5 Å². The number of aromatic nitrogens is 2. The van der Waals surface area contributed by atoms with E-state index in [2.05, 4.69) is 70.6 Å². The number of hydrogen-bond donors (Lipinski definition) is 1. The zero-order chi connectivity index (χ0) is 23.2. The van der Waals surface area contributed by atoms with Crippen molar-refractivity contribution in [3.63, 3.8) is 0 Å². The Kier molecular flexibility index (Phi) is 5.17. The molecule has 3 heterocycles. The number of rotatable bonds is 5. The van der Waals surface area contributed by atoms with E-state index in [0.717, 1.165) is 39.4 Å². The smallest absolute Gasteiger partial charge is 0.233 e. The van der Waals surface area contributed by atoms with Gasteiger partial charge in [-0.25, -0.2) is 9.56 Å². The van der Waals surface area contributed by atoms with Crippen molar-refractivity contribution in [3.8, 4) is 17.1 Å². The van der Waals surface area contributed by atoms with Crippen molar-refractivity contribution in [3.05, 3.63) is 42.0 Å². The van der Waals surface area contributed by atoms with Gasteiger partial charge in [-0.15, -0.1) is 0 Å². The molecule has 2 aromatic carbocycles. The molecule has 0 spiro atoms. The van der Waals surface area contributed by atoms with Crippen LogP contribution < -0.4 is 10.5 Å². The zero-order valence-corrected chi connectivity index (χ0v) is 19.3. The lowest BCUT2D eigenvalue weighted by molar-refractivity contribution is -0.301. The van der Waals surface area contributed by atoms with Gasteiger partial charge < -0.3 is 9.30 Å². The van der Waals surface area contributed by atoms with Crippen molar-refractivity contribution in [1.82, 2.24) is 9.55 Å². The normalized spacial score (nSPS) is 19.6. The number of ether oxygens (including phenoxy) is 1. The second kappa shape index (κ2) is 8.04. The highest BCUT2D eigenvalue weighted by molar-refractivity contribution is 5.94. The fourth-order valence-electron chi connectivity index (χ4n) is 4.21. The summed E-state index contributed by atoms with van der Waals surface area (Å²) in [6.45, 7) is 9.16. The van der Waals surface area contributed by atoms with E-state index in [1.54, 1.807) is 12.7 Å². The lowest BCUT2D eigenvalue weighted by atomic mass is 10.00. The molecule has 8 nitrogen and oxygen atoms in total. The van der Waals surface area contributed by atoms with Crippen LogP contribution in [0.2, 0.25) is 0 Å². The van der Waals surface area contributed by atoms with Crippen LogP contribution in [0.15, 0.2) is 51.4 Å². The minimum atomic E-state index is -0.505. The summed E-state index contributed by atoms with van der Waals surface area (Å²) in [6.07, 6.45) is 6.79. The summed E-state index contributed by atoms with van der Waals surface area (Å²) in [7, 11) is 0. The maximum atomic E-state index is 5.82. The first-order valence-corrected chi connectivity index (χ1v) is 11.1. The molecular formula is C25H28N7O+. The molecule has 0 atom stereocenters. The standard InChI is InChI=1S/C25H28N7O/c1-5-33-18-7-9-21(31-14-27-15-31)19(11-18)23-30-20-10-16(17-12-28-24(26)29-13-17)6-8-22(20)32(23)25(2,3)4/h6-15,17,24H,5,26H2,1-4H3/q+1. The molecule has 0 unspecified atom stereocenters. The Morgan fingerprint density at radius 1 is 1.09 bits per heavy atom. The predicted octanol–water partition coefficient (Wildman–Crippen LogP) is 4.05. The summed E-state index contributed by atoms with van der Waals surface area (Å²) in [4.78, 5) is 17.8. The van der Waals surface area contributed by atoms with E-state index in [0.29, 0.717) is 6.61 Å². The van der Waals surface area contributed by atoms with Gasteiger partial charge in [0.15, 0.2) is 6.29 Å². The maximum Gasteiger partial charge on any atom is 0.233 e. The van der Waals surface area contributed by atoms with Crippen molar-refractivity contribution in [2.75, 3.05) is 6.61 Å². The summed E-state index contributed by atoms with van der Waals surface area (Å²) in [5.74, 6) is 1.68. The van der Waals surface area contributed by atoms with Crippen molar-refractivity contribution < 1.29 is 9.31 Å². The number of aliphatic imine (C=N–C) groups is 3. The summed E-state index contributed by atoms with van der Waals surface area (Å²) in [6, 6.07) is 12.5. The number of benzene rings is 2. The van der Waals surface area contributed by atoms with E-state index in [9.17, 15) is 0 Å². The molecule has 0 saturated heterocycles. The average molecular weight is 443 g/mol. The molecule has 0 bridgehead atoms. The van der Waals surface area contributed by atoms with E-state index in [1.165, 1.54) is 0 Å². The lowest BCUT2D eigenvalue weighted by Crippen LogP contribution is -2.23. The van der Waals surface area contributed by atoms with Crippen LogP contribution in [0, 0.1) is 0 Å². The first-order valence-electron chi connectivity index (χ1n) is 11.1. The molecule has 0 radical (unpaired) electrons. The minimum Gasteiger partial charge on any atom is -0.494 e. The minimum absolute atomic E-state index is 0.0128. The molecule has 2 aliphatic heterocycles. The summed E-state index contributed by atoms with van der Waals surface area (Å²) in [5, 5.41) is 0. The van der Waals surface area contributed by atoms with Crippen LogP contribution in [0.1, 0.15) is 39.2 Å². The van der Waals surface area contributed by atoms with Crippen molar-refractivity contribution in [2.45, 2.75) is 45.4 Å². The molecule has 0 saturated carbocycles. The predicted molar refractivity (Wildman–Crippen MR) is 134 cm³/mol. The quantitative estimate of drug-likeness (QED) is 0.604. The molecule has 168 valence electrons. The van der Waals surface area contributed by atoms with E-state index >= 15 is 0 Å². The Labute approximate surface area is 192 Å². The van der Waals surface area contributed by atoms with Gasteiger partial charge in [0.1, 0.15) is 17.3 Å². The molecule has 1 aromatic heterocycles. The van der Waals surface area contributed by atoms with Gasteiger partial charge in [0, 0.05) is 18.0 Å². The van der Waals surface area contributed by atoms with Gasteiger partial charge >= 0.3 is 0 Å². The molecule has 0 aliphatic carbocycles. The number of hydrogen-bond acceptors (Lipinski definition) is 6. The van der Waals surface area contributed by atoms with Crippen molar-refractivity contribution in [2.24, 2.45) is 20.7 Å². The Bertz CT molecular complexity index is 1330. The van der Waals surface area contributed by atoms with Gasteiger partial charge in [-0.2, -0.15) is 0 Å². The van der Waals surface area contributed by atoms with Crippen LogP contribution in [0.3, 0.4) is 0 Å². The number of imidazole rings is 1. The Balaban J connectivity index is 1.70. The molecule has 2 N–H and O–H groups in total. The fraction of sp³-hybridized carbons (Fsp3) is 0.320. The van der Waals surface area contributed by atoms with Gasteiger partial charge in [0.25, 0.3) is 0 Å². The van der Waals surface area contributed by atoms with Gasteiger partial charge in [-0.1, -0.05) is 11.1 Å². The molecule has 3 aromatic rings. The van der Waals surface area contributed by atoms with Gasteiger partial charge in [0.2, 0.25) is 12.7 Å². The fourth-order valence-corrected chi connectivity index (χ4v) is 4.21. The SMILES string of the molecule is CCOc1ccc([N+]2=CN=C2)c(-c2nc3cc(C4C=NC(N)N=C4)ccc3n2C(C)(C)C)c1. The summed E-state index contributed by atoms with van der Waals surface area (Å²) in [5.41, 5.74) is 10.6. The topological polar surface area (TPSA) is 93.2 Å². The number of nitrogens with two attached hydrogens (primary N) is 1. The first-order chi connectivity index (χ1) is 15.8. The van der Waals surface area contributed by atoms with E-state index in [1.807, 2.05) is 30.0 Å². The third-order valence-corrected chi connectivity index (χ3v) is 5.71. The van der Waals surface area contributed by atoms with Crippen LogP contribution in [0.4, 0.5) is 5.69 Å². The molecule has 5 rings (SSSR count). The van der Waals surface area contributed by atoms with Crippen molar-refractivity contribution >= 4 is 41.8 Å². The summed E-state index contributed by atoms with van der Waals surface area (Å²) < 4.78 is 10.1. The third kappa shape index (κ3) is 3.87. The Morgan fingerprint density at radius 2 is 1.85 bits per heavy atom. The largest absolute Gasteiger partial charge is 0.494 e. The Morgan fingerprint density at radius 3 is 2.48 bits per heavy atom. The van der Waals surface area contributed by atoms with E-state index in [4.69, 9.17) is 15.5 Å². The lowest BCUT2D eigenvalue weighted by Gasteiger charge is -2.25. The highest BCUT2D eigenvalue weighted by atomic mass is 16.5. The molecule has 33 heavy (non-hydrogen) atoms. The summed E-state index contributed by atoms with van der Waals surface area (Å²) >= 11 is 0. The average Bonchev–Trinajstić information content (AvgIpc) is 3.13. The van der Waals surface area contributed by atoms with Crippen LogP contribution in [0.5, 0.6) is 5.75 Å². The second-order valence-electron chi connectivity index (χ2n) is 9.12. The Hall–Kier alpha value is -3.65. The molecular weight excluding hydrogens is 414 g/mol. The van der Waals surface area contributed by atoms with Crippen LogP contribution >= 0.6 is 0 Å². The monoisotopic (exact) mass is 442 g/mol.